The first-order valence-corrected chi connectivity index (χ1v) is 10.0. The monoisotopic (exact) mass is 369 g/mol. The lowest BCUT2D eigenvalue weighted by molar-refractivity contribution is -0.148. The molecule has 6 heteroatoms. The number of ether oxygens (including phenoxy) is 1. The zero-order chi connectivity index (χ0) is 18.8. The van der Waals surface area contributed by atoms with E-state index in [-0.39, 0.29) is 17.9 Å². The molecule has 1 aromatic rings. The van der Waals surface area contributed by atoms with Crippen molar-refractivity contribution in [2.75, 3.05) is 12.3 Å². The first-order valence-electron chi connectivity index (χ1n) is 10.0. The Labute approximate surface area is 159 Å². The number of anilines is 1. The van der Waals surface area contributed by atoms with Crippen molar-refractivity contribution in [3.63, 3.8) is 0 Å². The van der Waals surface area contributed by atoms with Gasteiger partial charge in [-0.05, 0) is 55.2 Å². The molecule has 144 valence electrons. The average Bonchev–Trinajstić information content (AvgIpc) is 3.52. The Hall–Kier alpha value is -2.37. The van der Waals surface area contributed by atoms with Crippen molar-refractivity contribution in [2.24, 2.45) is 22.7 Å². The summed E-state index contributed by atoms with van der Waals surface area (Å²) >= 11 is 0. The molecule has 0 aromatic heterocycles. The van der Waals surface area contributed by atoms with Crippen LogP contribution in [0.5, 0.6) is 0 Å². The predicted molar refractivity (Wildman–Crippen MR) is 103 cm³/mol. The molecule has 0 spiro atoms. The van der Waals surface area contributed by atoms with Gasteiger partial charge in [-0.1, -0.05) is 31.4 Å². The van der Waals surface area contributed by atoms with Crippen LogP contribution in [-0.4, -0.2) is 24.3 Å². The van der Waals surface area contributed by atoms with Crippen molar-refractivity contribution < 1.29 is 14.3 Å². The second kappa shape index (κ2) is 7.71. The van der Waals surface area contributed by atoms with Crippen LogP contribution >= 0.6 is 0 Å². The lowest BCUT2D eigenvalue weighted by Gasteiger charge is -2.32. The minimum Gasteiger partial charge on any atom is -0.465 e. The largest absolute Gasteiger partial charge is 0.465 e. The van der Waals surface area contributed by atoms with Gasteiger partial charge in [0.1, 0.15) is 5.92 Å². The number of carbonyl (C=O) groups excluding carboxylic acids is 2. The number of nitrogens with two attached hydrogens (primary N) is 1. The molecular weight excluding hydrogens is 342 g/mol. The highest BCUT2D eigenvalue weighted by atomic mass is 16.5. The second-order valence-electron chi connectivity index (χ2n) is 8.02. The Balaban J connectivity index is 1.55. The molecule has 1 aliphatic heterocycles. The van der Waals surface area contributed by atoms with Crippen LogP contribution in [0.25, 0.3) is 0 Å². The summed E-state index contributed by atoms with van der Waals surface area (Å²) in [7, 11) is 0. The number of hydrogen-bond donors (Lipinski definition) is 2. The van der Waals surface area contributed by atoms with Gasteiger partial charge in [0.05, 0.1) is 12.6 Å². The molecule has 2 fully saturated rings. The van der Waals surface area contributed by atoms with Crippen LogP contribution in [0.3, 0.4) is 0 Å². The van der Waals surface area contributed by atoms with E-state index in [2.05, 4.69) is 10.3 Å². The lowest BCUT2D eigenvalue weighted by Crippen LogP contribution is -2.46. The van der Waals surface area contributed by atoms with Gasteiger partial charge in [-0.15, -0.1) is 0 Å². The van der Waals surface area contributed by atoms with E-state index in [0.717, 1.165) is 31.2 Å². The molecule has 27 heavy (non-hydrogen) atoms. The normalized spacial score (nSPS) is 26.2. The van der Waals surface area contributed by atoms with E-state index in [1.165, 1.54) is 19.3 Å². The van der Waals surface area contributed by atoms with Crippen molar-refractivity contribution in [2.45, 2.75) is 51.0 Å². The van der Waals surface area contributed by atoms with Crippen LogP contribution in [0, 0.1) is 17.8 Å². The Morgan fingerprint density at radius 1 is 1.11 bits per heavy atom. The number of hydrogen-bond acceptors (Lipinski definition) is 4. The summed E-state index contributed by atoms with van der Waals surface area (Å²) in [6.45, 7) is 0.468. The molecule has 2 unspecified atom stereocenters. The molecule has 2 amide bonds. The van der Waals surface area contributed by atoms with Gasteiger partial charge in [0, 0.05) is 11.4 Å². The number of nitrogens with zero attached hydrogens (tertiary/aromatic N) is 1. The molecule has 1 heterocycles. The number of urea groups is 1. The minimum absolute atomic E-state index is 0.222. The highest BCUT2D eigenvalue weighted by Gasteiger charge is 2.45. The van der Waals surface area contributed by atoms with E-state index in [0.29, 0.717) is 23.9 Å². The number of benzene rings is 1. The second-order valence-corrected chi connectivity index (χ2v) is 8.02. The molecule has 1 aromatic carbocycles. The summed E-state index contributed by atoms with van der Waals surface area (Å²) < 4.78 is 5.74. The molecular formula is C21H27N3O3. The molecule has 6 nitrogen and oxygen atoms in total. The highest BCUT2D eigenvalue weighted by molar-refractivity contribution is 6.11. The Kier molecular flexibility index (Phi) is 5.14. The third kappa shape index (κ3) is 4.15. The molecule has 3 N–H and O–H groups in total. The Morgan fingerprint density at radius 2 is 1.81 bits per heavy atom. The standard InChI is InChI=1S/C21H27N3O3/c22-16-10-8-15(9-11-16)19-17(18(14-6-7-14)23-21(26)24-19)20(25)27-12-13-4-2-1-3-5-13/h8-11,13-14,17,19H,1-7,12,22H2,(H,24,26). The summed E-state index contributed by atoms with van der Waals surface area (Å²) in [5.41, 5.74) is 7.98. The van der Waals surface area contributed by atoms with Crippen molar-refractivity contribution >= 4 is 23.4 Å². The molecule has 0 bridgehead atoms. The number of nitrogens with one attached hydrogen (secondary N) is 1. The maximum atomic E-state index is 13.1. The maximum absolute atomic E-state index is 13.1. The van der Waals surface area contributed by atoms with Crippen molar-refractivity contribution in [3.05, 3.63) is 29.8 Å². The van der Waals surface area contributed by atoms with Gasteiger partial charge in [-0.2, -0.15) is 0 Å². The zero-order valence-corrected chi connectivity index (χ0v) is 15.5. The van der Waals surface area contributed by atoms with Crippen molar-refractivity contribution in [1.29, 1.82) is 0 Å². The fraction of sp³-hybridized carbons (Fsp3) is 0.571. The first-order chi connectivity index (χ1) is 13.1. The molecule has 0 saturated heterocycles. The van der Waals surface area contributed by atoms with E-state index in [9.17, 15) is 9.59 Å². The summed E-state index contributed by atoms with van der Waals surface area (Å²) in [6.07, 6.45) is 7.91. The quantitative estimate of drug-likeness (QED) is 0.612. The fourth-order valence-corrected chi connectivity index (χ4v) is 4.21. The number of esters is 1. The van der Waals surface area contributed by atoms with E-state index in [1.54, 1.807) is 12.1 Å². The fourth-order valence-electron chi connectivity index (χ4n) is 4.21. The van der Waals surface area contributed by atoms with Gasteiger partial charge in [0.15, 0.2) is 0 Å². The summed E-state index contributed by atoms with van der Waals surface area (Å²) in [5, 5.41) is 2.87. The molecule has 2 saturated carbocycles. The SMILES string of the molecule is Nc1ccc(C2NC(=O)N=C(C3CC3)C2C(=O)OCC2CCCCC2)cc1. The van der Waals surface area contributed by atoms with E-state index < -0.39 is 12.0 Å². The van der Waals surface area contributed by atoms with Gasteiger partial charge in [-0.25, -0.2) is 9.79 Å². The number of carbonyl (C=O) groups is 2. The smallest absolute Gasteiger partial charge is 0.341 e. The van der Waals surface area contributed by atoms with Crippen LogP contribution < -0.4 is 11.1 Å². The van der Waals surface area contributed by atoms with E-state index in [1.807, 2.05) is 12.1 Å². The molecule has 3 aliphatic rings. The predicted octanol–water partition coefficient (Wildman–Crippen LogP) is 3.62. The molecule has 2 aliphatic carbocycles. The van der Waals surface area contributed by atoms with Gasteiger partial charge < -0.3 is 15.8 Å². The first kappa shape index (κ1) is 18.0. The maximum Gasteiger partial charge on any atom is 0.341 e. The van der Waals surface area contributed by atoms with Gasteiger partial charge in [-0.3, -0.25) is 4.79 Å². The van der Waals surface area contributed by atoms with Crippen LogP contribution in [0.1, 0.15) is 56.6 Å². The Morgan fingerprint density at radius 3 is 2.48 bits per heavy atom. The third-order valence-corrected chi connectivity index (χ3v) is 5.89. The lowest BCUT2D eigenvalue weighted by atomic mass is 9.85. The van der Waals surface area contributed by atoms with Gasteiger partial charge in [0.2, 0.25) is 0 Å². The minimum atomic E-state index is -0.553. The average molecular weight is 369 g/mol. The van der Waals surface area contributed by atoms with E-state index in [4.69, 9.17) is 10.5 Å². The molecule has 0 radical (unpaired) electrons. The van der Waals surface area contributed by atoms with E-state index >= 15 is 0 Å². The van der Waals surface area contributed by atoms with Gasteiger partial charge in [0.25, 0.3) is 0 Å². The summed E-state index contributed by atoms with van der Waals surface area (Å²) in [5.74, 6) is -0.146. The van der Waals surface area contributed by atoms with Crippen LogP contribution in [0.2, 0.25) is 0 Å². The third-order valence-electron chi connectivity index (χ3n) is 5.89. The van der Waals surface area contributed by atoms with Crippen molar-refractivity contribution in [1.82, 2.24) is 5.32 Å². The highest BCUT2D eigenvalue weighted by Crippen LogP contribution is 2.40. The summed E-state index contributed by atoms with van der Waals surface area (Å²) in [4.78, 5) is 29.4. The Bertz CT molecular complexity index is 734. The molecule has 2 atom stereocenters. The number of rotatable bonds is 5. The van der Waals surface area contributed by atoms with Gasteiger partial charge >= 0.3 is 12.0 Å². The van der Waals surface area contributed by atoms with Crippen molar-refractivity contribution in [3.8, 4) is 0 Å². The van der Waals surface area contributed by atoms with Crippen LogP contribution in [-0.2, 0) is 9.53 Å². The zero-order valence-electron chi connectivity index (χ0n) is 15.5. The topological polar surface area (TPSA) is 93.8 Å². The van der Waals surface area contributed by atoms with Crippen LogP contribution in [0.4, 0.5) is 10.5 Å². The number of nitrogen functional groups attached to an aromatic ring is 1. The molecule has 4 rings (SSSR count). The number of aliphatic imine (C=N–C) groups is 1. The van der Waals surface area contributed by atoms with Crippen LogP contribution in [0.15, 0.2) is 29.3 Å². The summed E-state index contributed by atoms with van der Waals surface area (Å²) in [6, 6.07) is 6.46. The number of amides is 2.